The number of para-hydroxylation sites is 2. The molecule has 0 radical (unpaired) electrons. The molecule has 0 amide bonds. The van der Waals surface area contributed by atoms with Crippen molar-refractivity contribution in [1.29, 1.82) is 0 Å². The van der Waals surface area contributed by atoms with Crippen LogP contribution in [0, 0.1) is 0 Å². The normalized spacial score (nSPS) is 11.2. The van der Waals surface area contributed by atoms with Crippen LogP contribution >= 0.6 is 12.0 Å². The number of nitrogens with two attached hydrogens (primary N) is 1. The molecule has 0 aliphatic rings. The lowest BCUT2D eigenvalue weighted by molar-refractivity contribution is 0.464. The number of nitrogens with zero attached hydrogens (tertiary/aromatic N) is 2. The van der Waals surface area contributed by atoms with Crippen LogP contribution in [0.15, 0.2) is 76.7 Å². The van der Waals surface area contributed by atoms with Gasteiger partial charge in [0.2, 0.25) is 0 Å². The van der Waals surface area contributed by atoms with E-state index in [1.54, 1.807) is 30.5 Å². The van der Waals surface area contributed by atoms with Crippen LogP contribution in [0.1, 0.15) is 5.69 Å². The van der Waals surface area contributed by atoms with Crippen molar-refractivity contribution in [2.45, 2.75) is 11.4 Å². The topological polar surface area (TPSA) is 113 Å². The zero-order chi connectivity index (χ0) is 19.1. The number of hydrogen-bond acceptors (Lipinski definition) is 6. The highest BCUT2D eigenvalue weighted by Crippen LogP contribution is 2.36. The first-order valence-electron chi connectivity index (χ1n) is 8.04. The highest BCUT2D eigenvalue weighted by Gasteiger charge is 2.12. The molecule has 2 aromatic carbocycles. The third-order valence-electron chi connectivity index (χ3n) is 3.58. The van der Waals surface area contributed by atoms with Crippen LogP contribution in [-0.2, 0) is 6.54 Å². The Morgan fingerprint density at radius 2 is 1.93 bits per heavy atom. The Labute approximate surface area is 160 Å². The molecule has 8 heteroatoms. The minimum absolute atomic E-state index is 0.0495. The van der Waals surface area contributed by atoms with Gasteiger partial charge in [0.05, 0.1) is 11.4 Å². The van der Waals surface area contributed by atoms with Crippen molar-refractivity contribution in [2.24, 2.45) is 10.7 Å². The first-order valence-corrected chi connectivity index (χ1v) is 8.82. The van der Waals surface area contributed by atoms with Gasteiger partial charge in [0.25, 0.3) is 0 Å². The fourth-order valence-electron chi connectivity index (χ4n) is 2.29. The number of aromatic nitrogens is 1. The molecule has 0 atom stereocenters. The Balaban J connectivity index is 1.82. The molecule has 0 aliphatic carbocycles. The van der Waals surface area contributed by atoms with Crippen LogP contribution in [0.3, 0.4) is 0 Å². The number of pyridine rings is 1. The van der Waals surface area contributed by atoms with Crippen molar-refractivity contribution in [3.63, 3.8) is 0 Å². The second kappa shape index (κ2) is 8.93. The van der Waals surface area contributed by atoms with E-state index in [0.717, 1.165) is 0 Å². The zero-order valence-corrected chi connectivity index (χ0v) is 15.1. The molecule has 0 saturated carbocycles. The summed E-state index contributed by atoms with van der Waals surface area (Å²) in [4.78, 5) is 8.77. The number of benzene rings is 2. The van der Waals surface area contributed by atoms with Crippen LogP contribution < -0.4 is 15.8 Å². The minimum Gasteiger partial charge on any atom is -0.506 e. The number of hydrogen-bond donors (Lipinski definition) is 4. The van der Waals surface area contributed by atoms with Gasteiger partial charge in [-0.1, -0.05) is 24.3 Å². The molecule has 3 aromatic rings. The monoisotopic (exact) mass is 382 g/mol. The third kappa shape index (κ3) is 4.90. The van der Waals surface area contributed by atoms with Crippen LogP contribution in [-0.4, -0.2) is 20.6 Å². The number of aromatic hydroxyl groups is 1. The van der Waals surface area contributed by atoms with Gasteiger partial charge < -0.3 is 25.4 Å². The average molecular weight is 382 g/mol. The molecule has 0 bridgehead atoms. The number of ether oxygens (including phenoxy) is 1. The number of guanidine groups is 1. The van der Waals surface area contributed by atoms with Crippen molar-refractivity contribution in [2.75, 3.05) is 5.32 Å². The van der Waals surface area contributed by atoms with E-state index in [1.807, 2.05) is 30.3 Å². The Morgan fingerprint density at radius 3 is 2.67 bits per heavy atom. The van der Waals surface area contributed by atoms with E-state index in [-0.39, 0.29) is 18.3 Å². The first kappa shape index (κ1) is 18.6. The van der Waals surface area contributed by atoms with E-state index in [1.165, 1.54) is 6.07 Å². The number of anilines is 1. The van der Waals surface area contributed by atoms with E-state index in [9.17, 15) is 9.66 Å². The van der Waals surface area contributed by atoms with Crippen LogP contribution in [0.2, 0.25) is 0 Å². The molecule has 1 heterocycles. The molecule has 3 rings (SSSR count). The van der Waals surface area contributed by atoms with Crippen LogP contribution in [0.5, 0.6) is 17.2 Å². The molecule has 138 valence electrons. The molecule has 27 heavy (non-hydrogen) atoms. The van der Waals surface area contributed by atoms with Gasteiger partial charge in [-0.2, -0.15) is 0 Å². The van der Waals surface area contributed by atoms with Gasteiger partial charge >= 0.3 is 0 Å². The minimum atomic E-state index is 0.0495. The molecule has 1 aromatic heterocycles. The second-order valence-corrected chi connectivity index (χ2v) is 6.05. The van der Waals surface area contributed by atoms with Gasteiger partial charge in [0.1, 0.15) is 22.9 Å². The Kier molecular flexibility index (Phi) is 6.14. The Hall–Kier alpha value is -3.23. The summed E-state index contributed by atoms with van der Waals surface area (Å²) < 4.78 is 15.4. The molecule has 0 aliphatic heterocycles. The highest BCUT2D eigenvalue weighted by molar-refractivity contribution is 7.94. The molecular formula is C19H18N4O3S. The highest BCUT2D eigenvalue weighted by atomic mass is 32.2. The number of aliphatic imine (C=N–C) groups is 1. The molecule has 0 saturated heterocycles. The van der Waals surface area contributed by atoms with E-state index < -0.39 is 0 Å². The molecule has 0 fully saturated rings. The average Bonchev–Trinajstić information content (AvgIpc) is 2.69. The maximum Gasteiger partial charge on any atom is 0.193 e. The van der Waals surface area contributed by atoms with Gasteiger partial charge in [-0.05, 0) is 36.4 Å². The number of nitrogens with one attached hydrogen (secondary N) is 1. The standard InChI is InChI=1S/C19H18N4O3S/c20-19(22-12-14-15(24)8-5-11-21-14)23-18-16(9-4-10-17(18)27-25)26-13-6-2-1-3-7-13/h1-11,24-25H,12H2,(H3,20,22,23). The summed E-state index contributed by atoms with van der Waals surface area (Å²) in [6.45, 7) is 0.106. The molecule has 5 N–H and O–H groups in total. The van der Waals surface area contributed by atoms with Gasteiger partial charge in [-0.25, -0.2) is 4.99 Å². The van der Waals surface area contributed by atoms with Gasteiger partial charge in [0.15, 0.2) is 11.7 Å². The van der Waals surface area contributed by atoms with Gasteiger partial charge in [-0.15, -0.1) is 0 Å². The van der Waals surface area contributed by atoms with Gasteiger partial charge in [0, 0.05) is 18.2 Å². The lowest BCUT2D eigenvalue weighted by Gasteiger charge is -2.15. The maximum absolute atomic E-state index is 9.75. The SMILES string of the molecule is NC(=NCc1ncccc1O)Nc1c(Oc2ccccc2)cccc1SO. The lowest BCUT2D eigenvalue weighted by Crippen LogP contribution is -2.23. The van der Waals surface area contributed by atoms with Crippen LogP contribution in [0.25, 0.3) is 0 Å². The smallest absolute Gasteiger partial charge is 0.193 e. The summed E-state index contributed by atoms with van der Waals surface area (Å²) in [7, 11) is 0. The van der Waals surface area contributed by atoms with E-state index in [4.69, 9.17) is 10.5 Å². The third-order valence-corrected chi connectivity index (χ3v) is 4.11. The summed E-state index contributed by atoms with van der Waals surface area (Å²) in [6, 6.07) is 17.7. The van der Waals surface area contributed by atoms with Crippen molar-refractivity contribution >= 4 is 23.7 Å². The molecule has 0 unspecified atom stereocenters. The number of rotatable bonds is 6. The lowest BCUT2D eigenvalue weighted by atomic mass is 10.3. The van der Waals surface area contributed by atoms with E-state index in [2.05, 4.69) is 15.3 Å². The van der Waals surface area contributed by atoms with E-state index in [0.29, 0.717) is 39.8 Å². The quantitative estimate of drug-likeness (QED) is 0.289. The summed E-state index contributed by atoms with van der Waals surface area (Å²) in [5.74, 6) is 1.28. The zero-order valence-electron chi connectivity index (χ0n) is 14.2. The summed E-state index contributed by atoms with van der Waals surface area (Å²) in [6.07, 6.45) is 1.57. The Bertz CT molecular complexity index is 935. The van der Waals surface area contributed by atoms with Crippen molar-refractivity contribution in [1.82, 2.24) is 4.98 Å². The Morgan fingerprint density at radius 1 is 1.11 bits per heavy atom. The van der Waals surface area contributed by atoms with Crippen molar-refractivity contribution in [3.8, 4) is 17.2 Å². The maximum atomic E-state index is 9.75. The van der Waals surface area contributed by atoms with Crippen molar-refractivity contribution < 1.29 is 14.4 Å². The second-order valence-electron chi connectivity index (χ2n) is 5.43. The fourth-order valence-corrected chi connectivity index (χ4v) is 2.67. The summed E-state index contributed by atoms with van der Waals surface area (Å²) in [5.41, 5.74) is 6.87. The fraction of sp³-hybridized carbons (Fsp3) is 0.0526. The molecular weight excluding hydrogens is 364 g/mol. The van der Waals surface area contributed by atoms with Gasteiger partial charge in [-0.3, -0.25) is 4.98 Å². The first-order chi connectivity index (χ1) is 13.2. The predicted octanol–water partition coefficient (Wildman–Crippen LogP) is 4.07. The van der Waals surface area contributed by atoms with Crippen LogP contribution in [0.4, 0.5) is 5.69 Å². The summed E-state index contributed by atoms with van der Waals surface area (Å²) >= 11 is 0.574. The summed E-state index contributed by atoms with van der Waals surface area (Å²) in [5, 5.41) is 12.7. The van der Waals surface area contributed by atoms with Crippen molar-refractivity contribution in [3.05, 3.63) is 72.6 Å². The van der Waals surface area contributed by atoms with E-state index >= 15 is 0 Å². The largest absolute Gasteiger partial charge is 0.506 e. The predicted molar refractivity (Wildman–Crippen MR) is 106 cm³/mol. The molecule has 0 spiro atoms. The molecule has 7 nitrogen and oxygen atoms in total.